The number of ether oxygens (including phenoxy) is 2. The predicted molar refractivity (Wildman–Crippen MR) is 137 cm³/mol. The van der Waals surface area contributed by atoms with Gasteiger partial charge in [0.25, 0.3) is 5.91 Å². The molecule has 1 amide bonds. The quantitative estimate of drug-likeness (QED) is 0.297. The summed E-state index contributed by atoms with van der Waals surface area (Å²) in [5.41, 5.74) is 1.76. The summed E-state index contributed by atoms with van der Waals surface area (Å²) < 4.78 is 17.5. The molecule has 5 aromatic rings. The van der Waals surface area contributed by atoms with Crippen molar-refractivity contribution < 1.29 is 18.7 Å². The fraction of sp³-hybridized carbons (Fsp3) is 0.0667. The summed E-state index contributed by atoms with van der Waals surface area (Å²) >= 11 is 0. The number of benzene rings is 4. The van der Waals surface area contributed by atoms with Crippen molar-refractivity contribution in [2.45, 2.75) is 6.04 Å². The first-order chi connectivity index (χ1) is 17.6. The van der Waals surface area contributed by atoms with E-state index in [0.717, 1.165) is 5.56 Å². The molecule has 0 aliphatic carbocycles. The van der Waals surface area contributed by atoms with Gasteiger partial charge in [-0.3, -0.25) is 14.5 Å². The van der Waals surface area contributed by atoms with Crippen molar-refractivity contribution in [1.29, 1.82) is 0 Å². The molecule has 1 aromatic heterocycles. The molecule has 2 heterocycles. The van der Waals surface area contributed by atoms with Crippen molar-refractivity contribution in [3.8, 4) is 17.2 Å². The van der Waals surface area contributed by atoms with E-state index in [1.807, 2.05) is 66.7 Å². The highest BCUT2D eigenvalue weighted by atomic mass is 16.5. The maximum absolute atomic E-state index is 13.8. The van der Waals surface area contributed by atoms with Gasteiger partial charge in [0.1, 0.15) is 22.8 Å². The van der Waals surface area contributed by atoms with Crippen LogP contribution in [-0.4, -0.2) is 13.0 Å². The number of amides is 1. The molecule has 1 aliphatic heterocycles. The third-order valence-electron chi connectivity index (χ3n) is 6.26. The average Bonchev–Trinajstić information content (AvgIpc) is 3.22. The Bertz CT molecular complexity index is 1660. The third kappa shape index (κ3) is 3.60. The molecule has 0 bridgehead atoms. The number of carbonyl (C=O) groups is 1. The Hall–Kier alpha value is -4.84. The first kappa shape index (κ1) is 21.7. The van der Waals surface area contributed by atoms with Crippen LogP contribution in [0.15, 0.2) is 112 Å². The second-order valence-electron chi connectivity index (χ2n) is 8.44. The number of nitrogens with zero attached hydrogens (tertiary/aromatic N) is 1. The van der Waals surface area contributed by atoms with Crippen LogP contribution in [-0.2, 0) is 0 Å². The monoisotopic (exact) mass is 475 g/mol. The van der Waals surface area contributed by atoms with E-state index in [2.05, 4.69) is 0 Å². The highest BCUT2D eigenvalue weighted by Crippen LogP contribution is 2.42. The molecule has 36 heavy (non-hydrogen) atoms. The van der Waals surface area contributed by atoms with E-state index in [0.29, 0.717) is 39.5 Å². The lowest BCUT2D eigenvalue weighted by Crippen LogP contribution is -2.29. The molecular formula is C30H21NO5. The first-order valence-corrected chi connectivity index (χ1v) is 11.5. The van der Waals surface area contributed by atoms with Gasteiger partial charge < -0.3 is 13.9 Å². The van der Waals surface area contributed by atoms with Crippen LogP contribution in [0.3, 0.4) is 0 Å². The molecule has 0 saturated carbocycles. The van der Waals surface area contributed by atoms with Gasteiger partial charge in [-0.1, -0.05) is 48.5 Å². The van der Waals surface area contributed by atoms with Crippen molar-refractivity contribution in [3.05, 3.63) is 130 Å². The number of fused-ring (bicyclic) bond motifs is 2. The van der Waals surface area contributed by atoms with E-state index in [9.17, 15) is 9.59 Å². The van der Waals surface area contributed by atoms with E-state index in [4.69, 9.17) is 13.9 Å². The van der Waals surface area contributed by atoms with Crippen LogP contribution in [0.2, 0.25) is 0 Å². The van der Waals surface area contributed by atoms with E-state index < -0.39 is 6.04 Å². The fourth-order valence-corrected chi connectivity index (χ4v) is 4.63. The second kappa shape index (κ2) is 8.74. The Morgan fingerprint density at radius 3 is 2.31 bits per heavy atom. The number of hydrogen-bond acceptors (Lipinski definition) is 5. The smallest absolute Gasteiger partial charge is 0.295 e. The van der Waals surface area contributed by atoms with Crippen molar-refractivity contribution in [2.75, 3.05) is 12.0 Å². The summed E-state index contributed by atoms with van der Waals surface area (Å²) in [5.74, 6) is 1.53. The molecule has 6 nitrogen and oxygen atoms in total. The van der Waals surface area contributed by atoms with E-state index in [1.54, 1.807) is 48.4 Å². The molecule has 1 atom stereocenters. The first-order valence-electron chi connectivity index (χ1n) is 11.5. The average molecular weight is 476 g/mol. The number of para-hydroxylation sites is 2. The van der Waals surface area contributed by atoms with Gasteiger partial charge in [0, 0.05) is 11.8 Å². The molecule has 6 heteroatoms. The van der Waals surface area contributed by atoms with Gasteiger partial charge in [0.2, 0.25) is 5.76 Å². The largest absolute Gasteiger partial charge is 0.497 e. The molecule has 1 aliphatic rings. The summed E-state index contributed by atoms with van der Waals surface area (Å²) in [6.07, 6.45) is 0. The van der Waals surface area contributed by atoms with Crippen LogP contribution >= 0.6 is 0 Å². The normalized spacial score (nSPS) is 14.6. The lowest BCUT2D eigenvalue weighted by molar-refractivity contribution is 0.0971. The van der Waals surface area contributed by atoms with Crippen LogP contribution in [0.1, 0.15) is 27.7 Å². The van der Waals surface area contributed by atoms with Crippen molar-refractivity contribution in [1.82, 2.24) is 0 Å². The number of anilines is 1. The molecule has 4 aromatic carbocycles. The van der Waals surface area contributed by atoms with E-state index in [1.165, 1.54) is 0 Å². The number of carbonyl (C=O) groups excluding carboxylic acids is 1. The summed E-state index contributed by atoms with van der Waals surface area (Å²) in [6.45, 7) is 0. The van der Waals surface area contributed by atoms with Crippen LogP contribution in [0, 0.1) is 0 Å². The third-order valence-corrected chi connectivity index (χ3v) is 6.26. The van der Waals surface area contributed by atoms with Crippen LogP contribution < -0.4 is 19.8 Å². The van der Waals surface area contributed by atoms with Crippen molar-refractivity contribution >= 4 is 22.6 Å². The van der Waals surface area contributed by atoms with Crippen molar-refractivity contribution in [2.24, 2.45) is 0 Å². The highest BCUT2D eigenvalue weighted by molar-refractivity contribution is 6.10. The highest BCUT2D eigenvalue weighted by Gasteiger charge is 2.43. The summed E-state index contributed by atoms with van der Waals surface area (Å²) in [4.78, 5) is 29.1. The fourth-order valence-electron chi connectivity index (χ4n) is 4.63. The lowest BCUT2D eigenvalue weighted by Gasteiger charge is -2.26. The molecule has 6 rings (SSSR count). The molecule has 0 fully saturated rings. The zero-order valence-electron chi connectivity index (χ0n) is 19.4. The number of hydrogen-bond donors (Lipinski definition) is 0. The van der Waals surface area contributed by atoms with E-state index in [-0.39, 0.29) is 17.1 Å². The SMILES string of the molecule is COc1cccc(N2C(=O)c3oc4ccccc4c(=O)c3C2c2cccc(Oc3ccccc3)c2)c1. The Balaban J connectivity index is 1.55. The molecule has 0 spiro atoms. The Labute approximate surface area is 206 Å². The minimum absolute atomic E-state index is 0.0425. The Morgan fingerprint density at radius 1 is 0.750 bits per heavy atom. The van der Waals surface area contributed by atoms with Gasteiger partial charge in [-0.15, -0.1) is 0 Å². The van der Waals surface area contributed by atoms with Crippen molar-refractivity contribution in [3.63, 3.8) is 0 Å². The van der Waals surface area contributed by atoms with Gasteiger partial charge in [-0.25, -0.2) is 0 Å². The van der Waals surface area contributed by atoms with Crippen LogP contribution in [0.4, 0.5) is 5.69 Å². The standard InChI is InChI=1S/C30H21NO5/c1-34-22-13-8-10-20(18-22)31-27(19-9-7-14-23(17-19)35-21-11-3-2-4-12-21)26-28(32)24-15-5-6-16-25(24)36-29(26)30(31)33/h2-18,27H,1H3. The number of rotatable bonds is 5. The topological polar surface area (TPSA) is 69.0 Å². The predicted octanol–water partition coefficient (Wildman–Crippen LogP) is 6.34. The maximum atomic E-state index is 13.8. The van der Waals surface area contributed by atoms with Gasteiger partial charge >= 0.3 is 0 Å². The van der Waals surface area contributed by atoms with Gasteiger partial charge in [0.15, 0.2) is 5.43 Å². The molecule has 0 radical (unpaired) electrons. The minimum Gasteiger partial charge on any atom is -0.497 e. The lowest BCUT2D eigenvalue weighted by atomic mass is 9.98. The van der Waals surface area contributed by atoms with E-state index >= 15 is 0 Å². The Kier molecular flexibility index (Phi) is 5.26. The molecule has 0 saturated heterocycles. The summed E-state index contributed by atoms with van der Waals surface area (Å²) in [7, 11) is 1.57. The zero-order chi connectivity index (χ0) is 24.6. The molecule has 176 valence electrons. The summed E-state index contributed by atoms with van der Waals surface area (Å²) in [6, 6.07) is 30.3. The number of methoxy groups -OCH3 is 1. The second-order valence-corrected chi connectivity index (χ2v) is 8.44. The maximum Gasteiger partial charge on any atom is 0.295 e. The molecule has 1 unspecified atom stereocenters. The minimum atomic E-state index is -0.709. The summed E-state index contributed by atoms with van der Waals surface area (Å²) in [5, 5.41) is 0.429. The van der Waals surface area contributed by atoms with Gasteiger partial charge in [-0.2, -0.15) is 0 Å². The zero-order valence-corrected chi connectivity index (χ0v) is 19.4. The molecule has 0 N–H and O–H groups in total. The molecular weight excluding hydrogens is 454 g/mol. The van der Waals surface area contributed by atoms with Gasteiger partial charge in [0.05, 0.1) is 24.1 Å². The van der Waals surface area contributed by atoms with Gasteiger partial charge in [-0.05, 0) is 54.1 Å². The Morgan fingerprint density at radius 2 is 1.47 bits per heavy atom. The van der Waals surface area contributed by atoms with Crippen LogP contribution in [0.25, 0.3) is 11.0 Å². The van der Waals surface area contributed by atoms with Crippen LogP contribution in [0.5, 0.6) is 17.2 Å².